The summed E-state index contributed by atoms with van der Waals surface area (Å²) in [5.74, 6) is -1.27. The lowest BCUT2D eigenvalue weighted by molar-refractivity contribution is 0.0781. The average Bonchev–Trinajstić information content (AvgIpc) is 2.65. The molecule has 0 aliphatic heterocycles. The van der Waals surface area contributed by atoms with Crippen LogP contribution in [-0.2, 0) is 6.54 Å². The van der Waals surface area contributed by atoms with Crippen molar-refractivity contribution >= 4 is 5.78 Å². The zero-order valence-corrected chi connectivity index (χ0v) is 15.0. The number of hydrogen-bond donors (Lipinski definition) is 1. The lowest BCUT2D eigenvalue weighted by Gasteiger charge is -2.20. The fraction of sp³-hybridized carbons (Fsp3) is 0.250. The van der Waals surface area contributed by atoms with Crippen molar-refractivity contribution in [1.29, 1.82) is 5.26 Å². The maximum absolute atomic E-state index is 13.0. The van der Waals surface area contributed by atoms with E-state index in [1.54, 1.807) is 13.0 Å². The van der Waals surface area contributed by atoms with Gasteiger partial charge in [0.25, 0.3) is 5.56 Å². The van der Waals surface area contributed by atoms with E-state index < -0.39 is 29.1 Å². The Bertz CT molecular complexity index is 971. The number of rotatable bonds is 7. The minimum Gasteiger partial charge on any atom is -0.494 e. The number of aromatic nitrogens is 1. The molecule has 1 atom stereocenters. The van der Waals surface area contributed by atoms with Crippen LogP contribution in [0.3, 0.4) is 0 Å². The van der Waals surface area contributed by atoms with Gasteiger partial charge in [0, 0.05) is 6.54 Å². The number of Topliss-reactive ketones (excluding diaryl/α,β-unsaturated/α-hetero) is 1. The predicted octanol–water partition coefficient (Wildman–Crippen LogP) is 3.10. The number of nitriles is 1. The number of hydrogen-bond acceptors (Lipinski definition) is 5. The Balaban J connectivity index is 2.54. The third-order valence-electron chi connectivity index (χ3n) is 4.11. The first-order chi connectivity index (χ1) is 12.8. The van der Waals surface area contributed by atoms with Crippen LogP contribution in [0.4, 0.5) is 4.39 Å². The summed E-state index contributed by atoms with van der Waals surface area (Å²) in [6.45, 7) is 6.59. The van der Waals surface area contributed by atoms with Crippen LogP contribution in [0, 0.1) is 24.1 Å². The van der Waals surface area contributed by atoms with E-state index in [2.05, 4.69) is 6.58 Å². The van der Waals surface area contributed by atoms with Crippen molar-refractivity contribution in [3.63, 3.8) is 0 Å². The SMILES string of the molecule is C=CCn1c(O)c(C(=O)C(CC)Oc2ccc(F)cc2)c(C)c(C#N)c1=O. The molecule has 1 aromatic carbocycles. The molecule has 1 N–H and O–H groups in total. The van der Waals surface area contributed by atoms with Crippen LogP contribution in [-0.4, -0.2) is 21.6 Å². The van der Waals surface area contributed by atoms with Crippen molar-refractivity contribution < 1.29 is 19.0 Å². The zero-order valence-electron chi connectivity index (χ0n) is 15.0. The van der Waals surface area contributed by atoms with Crippen LogP contribution >= 0.6 is 0 Å². The minimum atomic E-state index is -0.985. The summed E-state index contributed by atoms with van der Waals surface area (Å²) in [5, 5.41) is 19.8. The van der Waals surface area contributed by atoms with Gasteiger partial charge in [-0.1, -0.05) is 13.0 Å². The summed E-state index contributed by atoms with van der Waals surface area (Å²) in [6, 6.07) is 6.96. The van der Waals surface area contributed by atoms with E-state index in [-0.39, 0.29) is 35.4 Å². The van der Waals surface area contributed by atoms with Crippen molar-refractivity contribution in [1.82, 2.24) is 4.57 Å². The first-order valence-corrected chi connectivity index (χ1v) is 8.29. The molecule has 0 saturated carbocycles. The molecule has 0 fully saturated rings. The van der Waals surface area contributed by atoms with Crippen molar-refractivity contribution in [3.05, 3.63) is 69.8 Å². The Labute approximate surface area is 155 Å². The summed E-state index contributed by atoms with van der Waals surface area (Å²) < 4.78 is 19.6. The Kier molecular flexibility index (Phi) is 6.14. The summed E-state index contributed by atoms with van der Waals surface area (Å²) in [6.07, 6.45) is 0.650. The first-order valence-electron chi connectivity index (χ1n) is 8.29. The third-order valence-corrected chi connectivity index (χ3v) is 4.11. The van der Waals surface area contributed by atoms with E-state index in [0.717, 1.165) is 4.57 Å². The quantitative estimate of drug-likeness (QED) is 0.597. The molecule has 0 radical (unpaired) electrons. The van der Waals surface area contributed by atoms with Gasteiger partial charge >= 0.3 is 0 Å². The van der Waals surface area contributed by atoms with Gasteiger partial charge in [-0.2, -0.15) is 5.26 Å². The van der Waals surface area contributed by atoms with Crippen LogP contribution in [0.15, 0.2) is 41.7 Å². The molecule has 27 heavy (non-hydrogen) atoms. The lowest BCUT2D eigenvalue weighted by Crippen LogP contribution is -2.32. The van der Waals surface area contributed by atoms with Gasteiger partial charge in [0.05, 0.1) is 5.56 Å². The van der Waals surface area contributed by atoms with Gasteiger partial charge in [-0.15, -0.1) is 6.58 Å². The second-order valence-corrected chi connectivity index (χ2v) is 5.85. The second kappa shape index (κ2) is 8.32. The van der Waals surface area contributed by atoms with Crippen molar-refractivity contribution in [2.75, 3.05) is 0 Å². The van der Waals surface area contributed by atoms with E-state index in [1.807, 2.05) is 0 Å². The molecule has 1 aromatic heterocycles. The number of aromatic hydroxyl groups is 1. The Hall–Kier alpha value is -3.40. The molecule has 7 heteroatoms. The van der Waals surface area contributed by atoms with Crippen molar-refractivity contribution in [2.24, 2.45) is 0 Å². The molecule has 0 amide bonds. The van der Waals surface area contributed by atoms with Gasteiger partial charge in [0.2, 0.25) is 11.7 Å². The molecule has 1 unspecified atom stereocenters. The highest BCUT2D eigenvalue weighted by molar-refractivity contribution is 6.03. The fourth-order valence-electron chi connectivity index (χ4n) is 2.71. The highest BCUT2D eigenvalue weighted by Crippen LogP contribution is 2.26. The standard InChI is InChI=1S/C20H19FN2O4/c1-4-10-23-19(25)15(11-22)12(3)17(20(23)26)18(24)16(5-2)27-14-8-6-13(21)7-9-14/h4,6-9,16,26H,1,5,10H2,2-3H3. The highest BCUT2D eigenvalue weighted by atomic mass is 19.1. The predicted molar refractivity (Wildman–Crippen MR) is 97.5 cm³/mol. The van der Waals surface area contributed by atoms with E-state index in [4.69, 9.17) is 4.74 Å². The van der Waals surface area contributed by atoms with Crippen LogP contribution < -0.4 is 10.3 Å². The number of halogens is 1. The Morgan fingerprint density at radius 3 is 2.59 bits per heavy atom. The Morgan fingerprint density at radius 1 is 1.44 bits per heavy atom. The molecule has 140 valence electrons. The van der Waals surface area contributed by atoms with E-state index in [1.165, 1.54) is 37.3 Å². The summed E-state index contributed by atoms with van der Waals surface area (Å²) in [4.78, 5) is 25.3. The first kappa shape index (κ1) is 19.9. The van der Waals surface area contributed by atoms with Crippen LogP contribution in [0.25, 0.3) is 0 Å². The highest BCUT2D eigenvalue weighted by Gasteiger charge is 2.29. The van der Waals surface area contributed by atoms with Crippen molar-refractivity contribution in [3.8, 4) is 17.7 Å². The molecule has 1 heterocycles. The number of allylic oxidation sites excluding steroid dienone is 1. The monoisotopic (exact) mass is 370 g/mol. The second-order valence-electron chi connectivity index (χ2n) is 5.85. The van der Waals surface area contributed by atoms with E-state index in [9.17, 15) is 24.3 Å². The number of benzene rings is 1. The van der Waals surface area contributed by atoms with Gasteiger partial charge in [-0.25, -0.2) is 4.39 Å². The van der Waals surface area contributed by atoms with Crippen LogP contribution in [0.2, 0.25) is 0 Å². The summed E-state index contributed by atoms with van der Waals surface area (Å²) in [7, 11) is 0. The largest absolute Gasteiger partial charge is 0.494 e. The smallest absolute Gasteiger partial charge is 0.271 e. The maximum Gasteiger partial charge on any atom is 0.271 e. The molecule has 0 saturated heterocycles. The molecule has 0 aliphatic rings. The van der Waals surface area contributed by atoms with Gasteiger partial charge in [0.1, 0.15) is 23.2 Å². The number of ketones is 1. The van der Waals surface area contributed by atoms with Crippen molar-refractivity contribution in [2.45, 2.75) is 32.9 Å². The lowest BCUT2D eigenvalue weighted by atomic mass is 9.97. The van der Waals surface area contributed by atoms with Gasteiger partial charge in [-0.3, -0.25) is 14.2 Å². The summed E-state index contributed by atoms with van der Waals surface area (Å²) >= 11 is 0. The fourth-order valence-corrected chi connectivity index (χ4v) is 2.71. The molecule has 0 bridgehead atoms. The van der Waals surface area contributed by atoms with Crippen LogP contribution in [0.5, 0.6) is 11.6 Å². The maximum atomic E-state index is 13.0. The Morgan fingerprint density at radius 2 is 2.07 bits per heavy atom. The van der Waals surface area contributed by atoms with E-state index in [0.29, 0.717) is 0 Å². The van der Waals surface area contributed by atoms with Gasteiger partial charge < -0.3 is 9.84 Å². The number of pyridine rings is 1. The van der Waals surface area contributed by atoms with Gasteiger partial charge in [-0.05, 0) is 43.2 Å². The van der Waals surface area contributed by atoms with E-state index >= 15 is 0 Å². The van der Waals surface area contributed by atoms with Crippen LogP contribution in [0.1, 0.15) is 34.8 Å². The number of carbonyl (C=O) groups excluding carboxylic acids is 1. The topological polar surface area (TPSA) is 92.3 Å². The van der Waals surface area contributed by atoms with Gasteiger partial charge in [0.15, 0.2) is 6.10 Å². The molecular formula is C20H19FN2O4. The number of nitrogens with zero attached hydrogens (tertiary/aromatic N) is 2. The molecular weight excluding hydrogens is 351 g/mol. The molecule has 6 nitrogen and oxygen atoms in total. The minimum absolute atomic E-state index is 0.0600. The normalized spacial score (nSPS) is 11.5. The zero-order chi connectivity index (χ0) is 20.1. The molecule has 2 rings (SSSR count). The molecule has 0 spiro atoms. The third kappa shape index (κ3) is 3.90. The summed E-state index contributed by atoms with van der Waals surface area (Å²) in [5.41, 5.74) is -0.987. The average molecular weight is 370 g/mol. The molecule has 0 aliphatic carbocycles. The number of carbonyl (C=O) groups is 1. The molecule has 2 aromatic rings. The number of ether oxygens (including phenoxy) is 1.